The van der Waals surface area contributed by atoms with Gasteiger partial charge in [-0.1, -0.05) is 26.0 Å². The van der Waals surface area contributed by atoms with Crippen LogP contribution in [0.15, 0.2) is 24.3 Å². The minimum absolute atomic E-state index is 0.151. The summed E-state index contributed by atoms with van der Waals surface area (Å²) < 4.78 is 7.19. The Labute approximate surface area is 113 Å². The molecule has 1 aromatic heterocycles. The van der Waals surface area contributed by atoms with Crippen LogP contribution in [0.3, 0.4) is 0 Å². The first-order valence-corrected chi connectivity index (χ1v) is 6.78. The first-order chi connectivity index (χ1) is 9.17. The number of benzene rings is 1. The van der Waals surface area contributed by atoms with Crippen molar-refractivity contribution in [3.8, 4) is 0 Å². The Kier molecular flexibility index (Phi) is 4.20. The summed E-state index contributed by atoms with van der Waals surface area (Å²) in [6, 6.07) is 8.02. The number of carbonyl (C=O) groups is 1. The molecule has 2 rings (SSSR count). The molecule has 4 nitrogen and oxygen atoms in total. The molecule has 0 bridgehead atoms. The molecule has 0 fully saturated rings. The van der Waals surface area contributed by atoms with Gasteiger partial charge in [0.05, 0.1) is 23.6 Å². The normalized spacial score (nSPS) is 12.6. The predicted molar refractivity (Wildman–Crippen MR) is 74.9 cm³/mol. The van der Waals surface area contributed by atoms with Crippen LogP contribution in [-0.2, 0) is 22.5 Å². The van der Waals surface area contributed by atoms with Gasteiger partial charge in [0.15, 0.2) is 0 Å². The van der Waals surface area contributed by atoms with E-state index in [9.17, 15) is 4.79 Å². The maximum absolute atomic E-state index is 11.7. The van der Waals surface area contributed by atoms with E-state index >= 15 is 0 Å². The Balaban J connectivity index is 2.30. The standard InChI is InChI=1S/C15H20N2O2/c1-4-14-16-12-8-6-7-9-13(12)17(14)10-11(3)15(18)19-5-2/h6-9,11H,4-5,10H2,1-3H3. The number of ether oxygens (including phenoxy) is 1. The van der Waals surface area contributed by atoms with Gasteiger partial charge in [0.25, 0.3) is 0 Å². The Morgan fingerprint density at radius 1 is 1.37 bits per heavy atom. The second-order valence-electron chi connectivity index (χ2n) is 4.63. The number of aryl methyl sites for hydroxylation is 1. The number of esters is 1. The molecule has 1 aromatic carbocycles. The number of hydrogen-bond acceptors (Lipinski definition) is 3. The molecule has 0 saturated heterocycles. The van der Waals surface area contributed by atoms with E-state index in [2.05, 4.69) is 16.5 Å². The van der Waals surface area contributed by atoms with E-state index in [-0.39, 0.29) is 11.9 Å². The van der Waals surface area contributed by atoms with Crippen LogP contribution in [0.25, 0.3) is 11.0 Å². The fourth-order valence-corrected chi connectivity index (χ4v) is 2.23. The van der Waals surface area contributed by atoms with Crippen molar-refractivity contribution in [2.24, 2.45) is 5.92 Å². The van der Waals surface area contributed by atoms with Crippen LogP contribution in [0.4, 0.5) is 0 Å². The Morgan fingerprint density at radius 3 is 2.79 bits per heavy atom. The maximum atomic E-state index is 11.7. The largest absolute Gasteiger partial charge is 0.466 e. The molecule has 0 aliphatic rings. The quantitative estimate of drug-likeness (QED) is 0.776. The van der Waals surface area contributed by atoms with Gasteiger partial charge in [-0.2, -0.15) is 0 Å². The molecule has 0 aliphatic heterocycles. The molecule has 1 atom stereocenters. The number of carbonyl (C=O) groups excluding carboxylic acids is 1. The lowest BCUT2D eigenvalue weighted by molar-refractivity contribution is -0.147. The van der Waals surface area contributed by atoms with Crippen molar-refractivity contribution in [3.63, 3.8) is 0 Å². The molecular weight excluding hydrogens is 240 g/mol. The van der Waals surface area contributed by atoms with E-state index in [0.29, 0.717) is 13.2 Å². The molecule has 1 heterocycles. The van der Waals surface area contributed by atoms with Crippen molar-refractivity contribution in [1.29, 1.82) is 0 Å². The minimum atomic E-state index is -0.164. The third-order valence-corrected chi connectivity index (χ3v) is 3.20. The predicted octanol–water partition coefficient (Wildman–Crippen LogP) is 2.80. The highest BCUT2D eigenvalue weighted by Crippen LogP contribution is 2.18. The number of para-hydroxylation sites is 2. The van der Waals surface area contributed by atoms with E-state index in [1.807, 2.05) is 38.1 Å². The molecule has 19 heavy (non-hydrogen) atoms. The lowest BCUT2D eigenvalue weighted by Gasteiger charge is -2.14. The molecule has 0 saturated carbocycles. The third-order valence-electron chi connectivity index (χ3n) is 3.20. The minimum Gasteiger partial charge on any atom is -0.466 e. The topological polar surface area (TPSA) is 44.1 Å². The van der Waals surface area contributed by atoms with E-state index < -0.39 is 0 Å². The Morgan fingerprint density at radius 2 is 2.11 bits per heavy atom. The molecular formula is C15H20N2O2. The molecule has 2 aromatic rings. The van der Waals surface area contributed by atoms with Crippen molar-refractivity contribution < 1.29 is 9.53 Å². The van der Waals surface area contributed by atoms with Gasteiger partial charge in [-0.25, -0.2) is 4.98 Å². The highest BCUT2D eigenvalue weighted by molar-refractivity contribution is 5.77. The smallest absolute Gasteiger partial charge is 0.310 e. The zero-order chi connectivity index (χ0) is 13.8. The van der Waals surface area contributed by atoms with E-state index in [0.717, 1.165) is 23.3 Å². The maximum Gasteiger partial charge on any atom is 0.310 e. The molecule has 0 N–H and O–H groups in total. The van der Waals surface area contributed by atoms with Gasteiger partial charge in [0.2, 0.25) is 0 Å². The number of aromatic nitrogens is 2. The summed E-state index contributed by atoms with van der Waals surface area (Å²) in [7, 11) is 0. The van der Waals surface area contributed by atoms with Gasteiger partial charge < -0.3 is 9.30 Å². The van der Waals surface area contributed by atoms with Crippen molar-refractivity contribution in [1.82, 2.24) is 9.55 Å². The van der Waals surface area contributed by atoms with E-state index in [1.165, 1.54) is 0 Å². The van der Waals surface area contributed by atoms with Crippen molar-refractivity contribution in [3.05, 3.63) is 30.1 Å². The van der Waals surface area contributed by atoms with Crippen LogP contribution < -0.4 is 0 Å². The molecule has 0 spiro atoms. The van der Waals surface area contributed by atoms with Crippen molar-refractivity contribution >= 4 is 17.0 Å². The van der Waals surface area contributed by atoms with E-state index in [1.54, 1.807) is 0 Å². The van der Waals surface area contributed by atoms with Crippen LogP contribution >= 0.6 is 0 Å². The van der Waals surface area contributed by atoms with Gasteiger partial charge in [-0.05, 0) is 19.1 Å². The SMILES string of the molecule is CCOC(=O)C(C)Cn1c(CC)nc2ccccc21. The number of fused-ring (bicyclic) bond motifs is 1. The highest BCUT2D eigenvalue weighted by Gasteiger charge is 2.18. The first kappa shape index (κ1) is 13.6. The summed E-state index contributed by atoms with van der Waals surface area (Å²) in [6.45, 7) is 6.84. The van der Waals surface area contributed by atoms with Crippen molar-refractivity contribution in [2.75, 3.05) is 6.61 Å². The summed E-state index contributed by atoms with van der Waals surface area (Å²) in [5.74, 6) is 0.697. The first-order valence-electron chi connectivity index (χ1n) is 6.78. The molecule has 0 aliphatic carbocycles. The zero-order valence-electron chi connectivity index (χ0n) is 11.7. The van der Waals surface area contributed by atoms with Crippen LogP contribution in [0.1, 0.15) is 26.6 Å². The average molecular weight is 260 g/mol. The highest BCUT2D eigenvalue weighted by atomic mass is 16.5. The van der Waals surface area contributed by atoms with Crippen LogP contribution in [0.2, 0.25) is 0 Å². The van der Waals surface area contributed by atoms with Crippen molar-refractivity contribution in [2.45, 2.75) is 33.7 Å². The summed E-state index contributed by atoms with van der Waals surface area (Å²) in [5, 5.41) is 0. The lowest BCUT2D eigenvalue weighted by atomic mass is 10.2. The second-order valence-corrected chi connectivity index (χ2v) is 4.63. The summed E-state index contributed by atoms with van der Waals surface area (Å²) >= 11 is 0. The number of rotatable bonds is 5. The fourth-order valence-electron chi connectivity index (χ4n) is 2.23. The third kappa shape index (κ3) is 2.78. The van der Waals surface area contributed by atoms with Gasteiger partial charge in [-0.3, -0.25) is 4.79 Å². The number of hydrogen-bond donors (Lipinski definition) is 0. The van der Waals surface area contributed by atoms with Crippen LogP contribution in [0, 0.1) is 5.92 Å². The van der Waals surface area contributed by atoms with Gasteiger partial charge in [-0.15, -0.1) is 0 Å². The second kappa shape index (κ2) is 5.87. The lowest BCUT2D eigenvalue weighted by Crippen LogP contribution is -2.21. The Hall–Kier alpha value is -1.84. The monoisotopic (exact) mass is 260 g/mol. The Bertz CT molecular complexity index is 575. The molecule has 1 unspecified atom stereocenters. The molecule has 102 valence electrons. The van der Waals surface area contributed by atoms with Crippen LogP contribution in [0.5, 0.6) is 0 Å². The summed E-state index contributed by atoms with van der Waals surface area (Å²) in [6.07, 6.45) is 0.851. The van der Waals surface area contributed by atoms with Gasteiger partial charge in [0, 0.05) is 13.0 Å². The number of imidazole rings is 1. The average Bonchev–Trinajstić information content (AvgIpc) is 2.77. The fraction of sp³-hybridized carbons (Fsp3) is 0.467. The molecule has 0 radical (unpaired) electrons. The van der Waals surface area contributed by atoms with Gasteiger partial charge in [0.1, 0.15) is 5.82 Å². The summed E-state index contributed by atoms with van der Waals surface area (Å²) in [5.41, 5.74) is 2.06. The summed E-state index contributed by atoms with van der Waals surface area (Å²) in [4.78, 5) is 16.3. The van der Waals surface area contributed by atoms with E-state index in [4.69, 9.17) is 4.74 Å². The molecule has 0 amide bonds. The van der Waals surface area contributed by atoms with Crippen LogP contribution in [-0.4, -0.2) is 22.1 Å². The number of nitrogens with zero attached hydrogens (tertiary/aromatic N) is 2. The zero-order valence-corrected chi connectivity index (χ0v) is 11.7. The van der Waals surface area contributed by atoms with Gasteiger partial charge >= 0.3 is 5.97 Å². The molecule has 4 heteroatoms.